The summed E-state index contributed by atoms with van der Waals surface area (Å²) in [6.07, 6.45) is 28.1. The van der Waals surface area contributed by atoms with Gasteiger partial charge in [0.2, 0.25) is 0 Å². The highest BCUT2D eigenvalue weighted by Crippen LogP contribution is 2.38. The van der Waals surface area contributed by atoms with Crippen molar-refractivity contribution < 1.29 is 53.5 Å². The molecule has 0 atom stereocenters. The summed E-state index contributed by atoms with van der Waals surface area (Å²) in [4.78, 5) is 79.1. The topological polar surface area (TPSA) is 501 Å². The quantitative estimate of drug-likeness (QED) is 0.0351. The van der Waals surface area contributed by atoms with Crippen LogP contribution in [-0.4, -0.2) is 173 Å². The Morgan fingerprint density at radius 2 is 0.627 bits per heavy atom. The van der Waals surface area contributed by atoms with Gasteiger partial charge in [-0.25, -0.2) is 102 Å². The van der Waals surface area contributed by atoms with E-state index in [0.717, 1.165) is 118 Å². The predicted octanol–water partition coefficient (Wildman–Crippen LogP) is 21.7. The molecule has 8 N–H and O–H groups in total. The molecule has 7 aromatic carbocycles. The van der Waals surface area contributed by atoms with Crippen molar-refractivity contribution in [3.05, 3.63) is 293 Å². The minimum atomic E-state index is -3.32. The summed E-state index contributed by atoms with van der Waals surface area (Å²) in [5, 5.41) is 12.4. The third-order valence-corrected chi connectivity index (χ3v) is 34.6. The third-order valence-electron chi connectivity index (χ3n) is 23.7. The van der Waals surface area contributed by atoms with Crippen LogP contribution in [0.15, 0.2) is 312 Å². The number of nitrogens with two attached hydrogens (primary N) is 1. The third kappa shape index (κ3) is 20.0. The second-order valence-electron chi connectivity index (χ2n) is 34.4. The number of nitrogens with zero attached hydrogens (tertiary/aromatic N) is 16. The number of sulfone groups is 5. The number of aromatic nitrogens is 21. The lowest BCUT2D eigenvalue weighted by molar-refractivity contribution is 0.586. The Kier molecular flexibility index (Phi) is 27.6. The van der Waals surface area contributed by atoms with E-state index in [0.29, 0.717) is 98.7 Å². The Bertz CT molecular complexity index is 8960. The highest BCUT2D eigenvalue weighted by atomic mass is 32.2. The highest BCUT2D eigenvalue weighted by Gasteiger charge is 2.27. The van der Waals surface area contributed by atoms with Crippen molar-refractivity contribution in [2.75, 3.05) is 5.73 Å². The van der Waals surface area contributed by atoms with Crippen LogP contribution in [0.1, 0.15) is 93.1 Å². The molecule has 732 valence electrons. The van der Waals surface area contributed by atoms with Crippen LogP contribution in [0.2, 0.25) is 0 Å². The Hall–Kier alpha value is -16.3. The number of H-pyrrole nitrogens is 6. The maximum atomic E-state index is 12.4. The maximum absolute atomic E-state index is 12.4. The fourth-order valence-corrected chi connectivity index (χ4v) is 20.6. The van der Waals surface area contributed by atoms with E-state index in [1.165, 1.54) is 6.20 Å². The molecule has 33 nitrogen and oxygen atoms in total. The van der Waals surface area contributed by atoms with Crippen LogP contribution in [0.25, 0.3) is 179 Å². The van der Waals surface area contributed by atoms with Gasteiger partial charge in [0.15, 0.2) is 77.4 Å². The second-order valence-corrected chi connectivity index (χ2v) is 47.0. The van der Waals surface area contributed by atoms with Crippen LogP contribution >= 0.6 is 0 Å². The summed E-state index contributed by atoms with van der Waals surface area (Å²) in [6.45, 7) is 19.5. The number of fused-ring (bicyclic) bond motifs is 6. The van der Waals surface area contributed by atoms with Crippen molar-refractivity contribution in [1.29, 1.82) is 5.26 Å². The first-order chi connectivity index (χ1) is 68.1. The fourth-order valence-electron chi connectivity index (χ4n) is 15.3. The summed E-state index contributed by atoms with van der Waals surface area (Å²) >= 11 is 0. The van der Waals surface area contributed by atoms with E-state index in [1.807, 2.05) is 103 Å². The molecule has 0 bridgehead atoms. The molecule has 0 aliphatic rings. The van der Waals surface area contributed by atoms with Crippen molar-refractivity contribution in [2.45, 2.75) is 133 Å². The molecule has 0 saturated heterocycles. The summed E-state index contributed by atoms with van der Waals surface area (Å²) in [7, 11) is -16.5. The number of nitrogen functional groups attached to an aromatic ring is 1. The molecule has 38 heteroatoms. The molecule has 0 amide bonds. The van der Waals surface area contributed by atoms with E-state index in [2.05, 4.69) is 92.0 Å². The van der Waals surface area contributed by atoms with Gasteiger partial charge < -0.3 is 35.6 Å². The van der Waals surface area contributed by atoms with Gasteiger partial charge in [0.25, 0.3) is 0 Å². The zero-order valence-electron chi connectivity index (χ0n) is 78.6. The SMILES string of the molecule is CC(C)S(=O)(=O)c1ccc(-c2cnc3[nH]cc(-c4ccccc4)c3n2)cc1.CC(C)S(=O)(=O)c1ccc(-c2cnc3[nH]cc(-c4ccccc4C#N)c3n2)cc1.CC(C)S(=O)(=O)c1ccc(-c2cnc3[nH]cc(-c4cnc(N)cn4)c3n2)cc1.CC(C)S(=O)(=O)c1ccc(-c2cnc3[nH]cc(-c4cnc5[nH]ccc5c4)c3n2)cc1.CCn1cc(-c2c[nH]c3ncc(-c4ccc(S(=O)(=O)C(C)C)cc4)nc23)cn1.[HH].[HH].[HH].[HH].[HH].[HH].[HH].[HH]. The maximum Gasteiger partial charge on any atom is 0.180 e. The molecule has 21 aromatic rings. The minimum absolute atomic E-state index is 0. The fraction of sp³-hybridized carbons (Fsp3) is 0.163. The van der Waals surface area contributed by atoms with Crippen molar-refractivity contribution in [3.63, 3.8) is 0 Å². The number of aryl methyl sites for hydroxylation is 1. The molecule has 142 heavy (non-hydrogen) atoms. The summed E-state index contributed by atoms with van der Waals surface area (Å²) < 4.78 is 125. The number of anilines is 1. The zero-order valence-corrected chi connectivity index (χ0v) is 82.7. The number of benzene rings is 7. The van der Waals surface area contributed by atoms with Crippen LogP contribution in [0.4, 0.5) is 5.82 Å². The molecule has 21 rings (SSSR count). The number of rotatable bonds is 21. The first-order valence-electron chi connectivity index (χ1n) is 45.1. The monoisotopic (exact) mass is 2000 g/mol. The molecule has 0 radical (unpaired) electrons. The molecule has 0 aliphatic carbocycles. The molecule has 0 unspecified atom stereocenters. The molecule has 0 aliphatic heterocycles. The number of hydrogen-bond donors (Lipinski definition) is 7. The lowest BCUT2D eigenvalue weighted by Gasteiger charge is -2.08. The van der Waals surface area contributed by atoms with Gasteiger partial charge in [-0.2, -0.15) is 10.4 Å². The van der Waals surface area contributed by atoms with Crippen LogP contribution in [0, 0.1) is 11.3 Å². The molecule has 14 aromatic heterocycles. The number of hydrogen-bond acceptors (Lipinski definition) is 26. The zero-order chi connectivity index (χ0) is 100. The number of aromatic amines is 6. The smallest absolute Gasteiger partial charge is 0.180 e. The van der Waals surface area contributed by atoms with E-state index in [9.17, 15) is 47.4 Å². The Balaban J connectivity index is 0.000000205. The lowest BCUT2D eigenvalue weighted by Crippen LogP contribution is -2.13. The number of nitriles is 1. The van der Waals surface area contributed by atoms with E-state index >= 15 is 0 Å². The Morgan fingerprint density at radius 1 is 0.310 bits per heavy atom. The van der Waals surface area contributed by atoms with Gasteiger partial charge in [-0.1, -0.05) is 109 Å². The highest BCUT2D eigenvalue weighted by molar-refractivity contribution is 7.93. The van der Waals surface area contributed by atoms with Crippen molar-refractivity contribution >= 4 is 122 Å². The van der Waals surface area contributed by atoms with Crippen molar-refractivity contribution in [1.82, 2.24) is 104 Å². The van der Waals surface area contributed by atoms with E-state index in [-0.39, 0.29) is 16.3 Å². The van der Waals surface area contributed by atoms with E-state index in [4.69, 9.17) is 25.7 Å². The van der Waals surface area contributed by atoms with Crippen LogP contribution < -0.4 is 5.73 Å². The summed E-state index contributed by atoms with van der Waals surface area (Å²) in [5.41, 5.74) is 30.0. The predicted molar refractivity (Wildman–Crippen MR) is 568 cm³/mol. The van der Waals surface area contributed by atoms with Crippen LogP contribution in [0.5, 0.6) is 0 Å². The second kappa shape index (κ2) is 40.2. The lowest BCUT2D eigenvalue weighted by atomic mass is 10.0. The minimum Gasteiger partial charge on any atom is -0.382 e. The van der Waals surface area contributed by atoms with Crippen molar-refractivity contribution in [3.8, 4) is 118 Å². The van der Waals surface area contributed by atoms with Gasteiger partial charge in [-0.15, -0.1) is 0 Å². The Labute approximate surface area is 829 Å². The normalized spacial score (nSPS) is 12.0. The average Bonchev–Trinajstić information content (AvgIpc) is 1.57. The van der Waals surface area contributed by atoms with Gasteiger partial charge in [-0.3, -0.25) is 9.67 Å². The Morgan fingerprint density at radius 3 is 0.972 bits per heavy atom. The molecular formula is C104H111N23O10S5. The molecule has 0 spiro atoms. The molecule has 0 saturated carbocycles. The van der Waals surface area contributed by atoms with Crippen molar-refractivity contribution in [2.24, 2.45) is 0 Å². The summed E-state index contributed by atoms with van der Waals surface area (Å²) in [6, 6.07) is 57.3. The van der Waals surface area contributed by atoms with Gasteiger partial charge in [0.1, 0.15) is 39.0 Å². The molecular weight excluding hydrogens is 1890 g/mol. The van der Waals surface area contributed by atoms with Crippen LogP contribution in [0.3, 0.4) is 0 Å². The van der Waals surface area contributed by atoms with E-state index in [1.54, 1.807) is 252 Å². The first-order valence-corrected chi connectivity index (χ1v) is 52.8. The van der Waals surface area contributed by atoms with Gasteiger partial charge in [-0.05, 0) is 161 Å². The standard InChI is InChI=1S/C22H19N5O2S.C22H18N4O2S.C21H19N3O2S.C20H21N5O2S.C19H18N6O2S.8H2/c1-13(2)30(28,29)17-5-3-14(4-6-17)19-12-26-22-20(27-19)18(11-25-22)16-9-15-7-8-23-21(15)24-10-16;1-14(2)29(27,28)17-9-7-15(8-10-17)20-13-25-22-21(26-20)19(12-24-22)18-6-4-3-5-16(18)11-23;1-14(2)27(25,26)17-10-8-16(9-11-17)19-13-23-21-20(24-19)18(12-22-21)15-6-4-3-5-7-15;1-4-25-12-15(9-23-25)17-10-21-20-19(17)24-18(11-22-20)14-5-7-16(8-6-14)28(26,27)13(2)3;1-11(2)28(26,27)13-5-3-12(4-6-13)15-8-24-19-18(25-15)14(7-23-19)16-9-22-17(20)10-21-16;;;;;;;;/h3-13H,1-2H3,(H,23,24)(H,25,26);3-10,12-14H,1-2H3,(H,24,25);3-14H,1-2H3,(H,22,23);5-13H,4H2,1-3H3,(H,21,22);3-11H,1-2H3,(H2,20,22)(H,23,24);8*1H. The largest absolute Gasteiger partial charge is 0.382 e. The summed E-state index contributed by atoms with van der Waals surface area (Å²) in [5.74, 6) is 0.340. The average molecular weight is 2000 g/mol. The molecule has 14 heterocycles. The first kappa shape index (κ1) is 97.3. The van der Waals surface area contributed by atoms with Gasteiger partial charge in [0, 0.05) is 145 Å². The van der Waals surface area contributed by atoms with Crippen LogP contribution in [-0.2, 0) is 55.7 Å². The van der Waals surface area contributed by atoms with Gasteiger partial charge in [0.05, 0.1) is 146 Å². The number of pyridine rings is 1. The van der Waals surface area contributed by atoms with Gasteiger partial charge >= 0.3 is 0 Å². The number of nitrogens with one attached hydrogen (secondary N) is 6. The molecule has 0 fully saturated rings. The van der Waals surface area contributed by atoms with E-state index < -0.39 is 75.4 Å².